The molecule has 0 aromatic carbocycles. The number of piperazine rings is 1. The molecule has 1 aliphatic rings. The van der Waals surface area contributed by atoms with Gasteiger partial charge in [0.15, 0.2) is 10.6 Å². The minimum atomic E-state index is 0.126. The molecule has 4 heterocycles. The summed E-state index contributed by atoms with van der Waals surface area (Å²) in [6, 6.07) is 7.70. The molecule has 3 aromatic rings. The molecule has 4 rings (SSSR count). The number of carbonyl (C=O) groups excluding carboxylic acids is 1. The maximum absolute atomic E-state index is 12.5. The lowest BCUT2D eigenvalue weighted by atomic mass is 10.2. The summed E-state index contributed by atoms with van der Waals surface area (Å²) in [6.45, 7) is 6.52. The van der Waals surface area contributed by atoms with Crippen molar-refractivity contribution in [1.82, 2.24) is 29.1 Å². The lowest BCUT2D eigenvalue weighted by Gasteiger charge is -2.34. The van der Waals surface area contributed by atoms with Crippen LogP contribution in [0.2, 0.25) is 0 Å². The van der Waals surface area contributed by atoms with Gasteiger partial charge in [0.1, 0.15) is 0 Å². The van der Waals surface area contributed by atoms with E-state index in [0.29, 0.717) is 11.4 Å². The lowest BCUT2D eigenvalue weighted by Crippen LogP contribution is -2.48. The SMILES string of the molecule is CCn1c(-c2ccncc2)nn(CN2CCN(C(=O)c3cccs3)CC2)c1=S. The van der Waals surface area contributed by atoms with E-state index in [1.54, 1.807) is 12.4 Å². The van der Waals surface area contributed by atoms with Crippen molar-refractivity contribution in [3.8, 4) is 11.4 Å². The summed E-state index contributed by atoms with van der Waals surface area (Å²) < 4.78 is 4.64. The average Bonchev–Trinajstić information content (AvgIpc) is 3.37. The van der Waals surface area contributed by atoms with Crippen LogP contribution in [0.1, 0.15) is 16.6 Å². The normalized spacial score (nSPS) is 15.1. The van der Waals surface area contributed by atoms with Crippen molar-refractivity contribution in [2.24, 2.45) is 0 Å². The predicted octanol–water partition coefficient (Wildman–Crippen LogP) is 2.97. The molecule has 1 amide bonds. The van der Waals surface area contributed by atoms with Crippen LogP contribution in [0, 0.1) is 4.77 Å². The van der Waals surface area contributed by atoms with Crippen LogP contribution in [0.25, 0.3) is 11.4 Å². The van der Waals surface area contributed by atoms with E-state index in [9.17, 15) is 4.79 Å². The summed E-state index contributed by atoms with van der Waals surface area (Å²) in [4.78, 5) is 21.6. The molecule has 1 fully saturated rings. The Morgan fingerprint density at radius 3 is 2.57 bits per heavy atom. The lowest BCUT2D eigenvalue weighted by molar-refractivity contribution is 0.0589. The Bertz CT molecular complexity index is 987. The Balaban J connectivity index is 1.45. The number of hydrogen-bond acceptors (Lipinski definition) is 6. The minimum absolute atomic E-state index is 0.126. The fourth-order valence-corrected chi connectivity index (χ4v) is 4.38. The third-order valence-corrected chi connectivity index (χ3v) is 6.19. The van der Waals surface area contributed by atoms with E-state index in [1.807, 2.05) is 43.8 Å². The van der Waals surface area contributed by atoms with Crippen LogP contribution in [-0.4, -0.2) is 61.2 Å². The molecule has 146 valence electrons. The molecule has 0 bridgehead atoms. The smallest absolute Gasteiger partial charge is 0.264 e. The number of pyridine rings is 1. The zero-order valence-electron chi connectivity index (χ0n) is 15.7. The van der Waals surface area contributed by atoms with E-state index in [2.05, 4.69) is 16.8 Å². The van der Waals surface area contributed by atoms with E-state index >= 15 is 0 Å². The zero-order chi connectivity index (χ0) is 19.5. The van der Waals surface area contributed by atoms with Gasteiger partial charge in [-0.25, -0.2) is 4.68 Å². The van der Waals surface area contributed by atoms with Crippen LogP contribution < -0.4 is 0 Å². The number of rotatable bonds is 5. The Labute approximate surface area is 172 Å². The molecule has 7 nitrogen and oxygen atoms in total. The zero-order valence-corrected chi connectivity index (χ0v) is 17.3. The summed E-state index contributed by atoms with van der Waals surface area (Å²) >= 11 is 7.15. The van der Waals surface area contributed by atoms with Gasteiger partial charge in [-0.1, -0.05) is 6.07 Å². The first kappa shape index (κ1) is 19.0. The molecule has 0 radical (unpaired) electrons. The molecule has 0 saturated carbocycles. The Morgan fingerprint density at radius 1 is 1.18 bits per heavy atom. The first-order chi connectivity index (χ1) is 13.7. The van der Waals surface area contributed by atoms with Crippen LogP contribution in [0.4, 0.5) is 0 Å². The molecule has 0 N–H and O–H groups in total. The predicted molar refractivity (Wildman–Crippen MR) is 112 cm³/mol. The Hall–Kier alpha value is -2.36. The highest BCUT2D eigenvalue weighted by Gasteiger charge is 2.23. The number of aromatic nitrogens is 4. The molecular formula is C19H22N6OS2. The quantitative estimate of drug-likeness (QED) is 0.601. The summed E-state index contributed by atoms with van der Waals surface area (Å²) in [5.41, 5.74) is 1.01. The van der Waals surface area contributed by atoms with Crippen molar-refractivity contribution in [3.05, 3.63) is 51.7 Å². The van der Waals surface area contributed by atoms with Crippen molar-refractivity contribution in [2.45, 2.75) is 20.1 Å². The monoisotopic (exact) mass is 414 g/mol. The number of thiophene rings is 1. The molecule has 0 aliphatic carbocycles. The number of hydrogen-bond donors (Lipinski definition) is 0. The summed E-state index contributed by atoms with van der Waals surface area (Å²) in [5.74, 6) is 0.989. The fourth-order valence-electron chi connectivity index (χ4n) is 3.37. The highest BCUT2D eigenvalue weighted by Crippen LogP contribution is 2.18. The first-order valence-electron chi connectivity index (χ1n) is 9.30. The second-order valence-corrected chi connectivity index (χ2v) is 7.93. The molecule has 28 heavy (non-hydrogen) atoms. The Kier molecular flexibility index (Phi) is 5.65. The molecule has 0 unspecified atom stereocenters. The van der Waals surface area contributed by atoms with E-state index in [4.69, 9.17) is 17.3 Å². The summed E-state index contributed by atoms with van der Waals surface area (Å²) in [5, 5.41) is 6.71. The number of nitrogens with zero attached hydrogens (tertiary/aromatic N) is 6. The second-order valence-electron chi connectivity index (χ2n) is 6.61. The van der Waals surface area contributed by atoms with Crippen molar-refractivity contribution >= 4 is 29.5 Å². The number of carbonyl (C=O) groups is 1. The van der Waals surface area contributed by atoms with Crippen molar-refractivity contribution in [1.29, 1.82) is 0 Å². The fraction of sp³-hybridized carbons (Fsp3) is 0.368. The largest absolute Gasteiger partial charge is 0.335 e. The molecule has 0 atom stereocenters. The van der Waals surface area contributed by atoms with Gasteiger partial charge in [-0.3, -0.25) is 14.7 Å². The average molecular weight is 415 g/mol. The standard InChI is InChI=1S/C19H22N6OS2/c1-2-24-17(15-5-7-20-8-6-15)21-25(19(24)27)14-22-9-11-23(12-10-22)18(26)16-4-3-13-28-16/h3-8,13H,2,9-12,14H2,1H3. The van der Waals surface area contributed by atoms with Gasteiger partial charge in [0.2, 0.25) is 0 Å². The van der Waals surface area contributed by atoms with Crippen LogP contribution in [0.15, 0.2) is 42.0 Å². The van der Waals surface area contributed by atoms with E-state index < -0.39 is 0 Å². The van der Waals surface area contributed by atoms with Crippen LogP contribution >= 0.6 is 23.6 Å². The third kappa shape index (κ3) is 3.78. The van der Waals surface area contributed by atoms with Crippen LogP contribution in [0.5, 0.6) is 0 Å². The Morgan fingerprint density at radius 2 is 1.93 bits per heavy atom. The minimum Gasteiger partial charge on any atom is -0.335 e. The summed E-state index contributed by atoms with van der Waals surface area (Å²) in [7, 11) is 0. The summed E-state index contributed by atoms with van der Waals surface area (Å²) in [6.07, 6.45) is 3.53. The van der Waals surface area contributed by atoms with Gasteiger partial charge in [-0.05, 0) is 42.7 Å². The maximum Gasteiger partial charge on any atom is 0.264 e. The van der Waals surface area contributed by atoms with Crippen molar-refractivity contribution in [3.63, 3.8) is 0 Å². The highest BCUT2D eigenvalue weighted by atomic mass is 32.1. The van der Waals surface area contributed by atoms with Gasteiger partial charge in [0.25, 0.3) is 5.91 Å². The van der Waals surface area contributed by atoms with Crippen molar-refractivity contribution < 1.29 is 4.79 Å². The van der Waals surface area contributed by atoms with Gasteiger partial charge in [0.05, 0.1) is 11.5 Å². The van der Waals surface area contributed by atoms with Crippen LogP contribution in [-0.2, 0) is 13.2 Å². The molecular weight excluding hydrogens is 392 g/mol. The van der Waals surface area contributed by atoms with E-state index in [0.717, 1.165) is 49.0 Å². The third-order valence-electron chi connectivity index (χ3n) is 4.90. The van der Waals surface area contributed by atoms with Gasteiger partial charge < -0.3 is 9.47 Å². The molecule has 1 aliphatic heterocycles. The molecule has 1 saturated heterocycles. The second kappa shape index (κ2) is 8.34. The van der Waals surface area contributed by atoms with Crippen LogP contribution in [0.3, 0.4) is 0 Å². The van der Waals surface area contributed by atoms with E-state index in [1.165, 1.54) is 11.3 Å². The first-order valence-corrected chi connectivity index (χ1v) is 10.6. The van der Waals surface area contributed by atoms with E-state index in [-0.39, 0.29) is 5.91 Å². The van der Waals surface area contributed by atoms with Crippen molar-refractivity contribution in [2.75, 3.05) is 26.2 Å². The highest BCUT2D eigenvalue weighted by molar-refractivity contribution is 7.71. The topological polar surface area (TPSA) is 59.2 Å². The van der Waals surface area contributed by atoms with Gasteiger partial charge >= 0.3 is 0 Å². The molecule has 3 aromatic heterocycles. The van der Waals surface area contributed by atoms with Gasteiger partial charge in [-0.15, -0.1) is 11.3 Å². The van der Waals surface area contributed by atoms with Gasteiger partial charge in [0, 0.05) is 50.7 Å². The molecule has 0 spiro atoms. The maximum atomic E-state index is 12.5. The van der Waals surface area contributed by atoms with Gasteiger partial charge in [-0.2, -0.15) is 5.10 Å². The number of amides is 1. The molecule has 9 heteroatoms.